The fourth-order valence-electron chi connectivity index (χ4n) is 7.28. The zero-order valence-corrected chi connectivity index (χ0v) is 37.6. The smallest absolute Gasteiger partial charge is 0.306 e. The van der Waals surface area contributed by atoms with E-state index in [0.29, 0.717) is 19.3 Å². The second-order valence-corrected chi connectivity index (χ2v) is 17.7. The predicted molar refractivity (Wildman–Crippen MR) is 233 cm³/mol. The van der Waals surface area contributed by atoms with Crippen molar-refractivity contribution in [3.8, 4) is 0 Å². The van der Waals surface area contributed by atoms with Gasteiger partial charge in [0.2, 0.25) is 0 Å². The molecule has 1 atom stereocenters. The summed E-state index contributed by atoms with van der Waals surface area (Å²) in [6.07, 6.45) is 41.0. The molecule has 0 radical (unpaired) electrons. The Morgan fingerprint density at radius 3 is 0.891 bits per heavy atom. The summed E-state index contributed by atoms with van der Waals surface area (Å²) in [4.78, 5) is 37.7. The van der Waals surface area contributed by atoms with E-state index in [1.54, 1.807) is 0 Å². The van der Waals surface area contributed by atoms with Crippen molar-refractivity contribution in [3.63, 3.8) is 0 Å². The van der Waals surface area contributed by atoms with Crippen LogP contribution < -0.4 is 0 Å². The molecule has 0 N–H and O–H groups in total. The summed E-state index contributed by atoms with van der Waals surface area (Å²) in [5.74, 6) is 0.781. The number of rotatable bonds is 43. The van der Waals surface area contributed by atoms with Crippen molar-refractivity contribution in [2.24, 2.45) is 11.8 Å². The predicted octanol–water partition coefficient (Wildman–Crippen LogP) is 15.4. The molecule has 0 rings (SSSR count). The third kappa shape index (κ3) is 43.4. The van der Waals surface area contributed by atoms with Crippen molar-refractivity contribution in [1.29, 1.82) is 0 Å². The van der Waals surface area contributed by atoms with Crippen LogP contribution >= 0.6 is 0 Å². The maximum absolute atomic E-state index is 12.7. The summed E-state index contributed by atoms with van der Waals surface area (Å²) < 4.78 is 16.7. The molecule has 0 aliphatic heterocycles. The molecule has 0 aromatic carbocycles. The average molecular weight is 779 g/mol. The van der Waals surface area contributed by atoms with Crippen LogP contribution in [-0.4, -0.2) is 37.2 Å². The second kappa shape index (κ2) is 42.0. The first-order chi connectivity index (χ1) is 26.7. The number of hydrogen-bond donors (Lipinski definition) is 0. The molecule has 0 heterocycles. The molecule has 326 valence electrons. The molecule has 0 unspecified atom stereocenters. The lowest BCUT2D eigenvalue weighted by molar-refractivity contribution is -0.167. The van der Waals surface area contributed by atoms with Gasteiger partial charge in [0.15, 0.2) is 6.10 Å². The fourth-order valence-corrected chi connectivity index (χ4v) is 7.28. The lowest BCUT2D eigenvalue weighted by atomic mass is 10.0. The van der Waals surface area contributed by atoms with E-state index in [2.05, 4.69) is 34.6 Å². The molecule has 0 saturated carbocycles. The van der Waals surface area contributed by atoms with Gasteiger partial charge >= 0.3 is 17.9 Å². The minimum absolute atomic E-state index is 0.0647. The van der Waals surface area contributed by atoms with Gasteiger partial charge < -0.3 is 14.2 Å². The maximum Gasteiger partial charge on any atom is 0.306 e. The number of hydrogen-bond acceptors (Lipinski definition) is 6. The molecule has 0 aliphatic carbocycles. The number of esters is 3. The minimum Gasteiger partial charge on any atom is -0.462 e. The highest BCUT2D eigenvalue weighted by molar-refractivity contribution is 5.71. The number of carbonyl (C=O) groups is 3. The molecular formula is C49H94O6. The van der Waals surface area contributed by atoms with Crippen molar-refractivity contribution in [3.05, 3.63) is 0 Å². The third-order valence-electron chi connectivity index (χ3n) is 11.0. The quantitative estimate of drug-likeness (QED) is 0.0348. The molecule has 6 heteroatoms. The van der Waals surface area contributed by atoms with E-state index in [0.717, 1.165) is 69.6 Å². The second-order valence-electron chi connectivity index (χ2n) is 17.7. The van der Waals surface area contributed by atoms with E-state index in [1.807, 2.05) is 0 Å². The van der Waals surface area contributed by atoms with Crippen molar-refractivity contribution in [2.75, 3.05) is 13.2 Å². The molecule has 0 bridgehead atoms. The summed E-state index contributed by atoms with van der Waals surface area (Å²) >= 11 is 0. The topological polar surface area (TPSA) is 78.9 Å². The molecular weight excluding hydrogens is 685 g/mol. The van der Waals surface area contributed by atoms with Crippen LogP contribution in [0.5, 0.6) is 0 Å². The molecule has 0 aliphatic rings. The van der Waals surface area contributed by atoms with Gasteiger partial charge in [0.05, 0.1) is 0 Å². The summed E-state index contributed by atoms with van der Waals surface area (Å²) in [5, 5.41) is 0. The number of unbranched alkanes of at least 4 members (excludes halogenated alkanes) is 28. The fraction of sp³-hybridized carbons (Fsp3) is 0.939. The van der Waals surface area contributed by atoms with E-state index in [4.69, 9.17) is 14.2 Å². The van der Waals surface area contributed by atoms with Gasteiger partial charge in [0.25, 0.3) is 0 Å². The Morgan fingerprint density at radius 1 is 0.345 bits per heavy atom. The molecule has 0 amide bonds. The summed E-state index contributed by atoms with van der Waals surface area (Å²) in [6.45, 7) is 11.3. The molecule has 0 aromatic rings. The Labute approximate surface area is 342 Å². The van der Waals surface area contributed by atoms with Crippen LogP contribution in [0.4, 0.5) is 0 Å². The Hall–Kier alpha value is -1.59. The van der Waals surface area contributed by atoms with Gasteiger partial charge in [-0.15, -0.1) is 0 Å². The number of carbonyl (C=O) groups excluding carboxylic acids is 3. The van der Waals surface area contributed by atoms with Crippen LogP contribution in [0.3, 0.4) is 0 Å². The van der Waals surface area contributed by atoms with Crippen LogP contribution in [0, 0.1) is 11.8 Å². The normalized spacial score (nSPS) is 12.1. The molecule has 6 nitrogen and oxygen atoms in total. The molecule has 0 fully saturated rings. The van der Waals surface area contributed by atoms with E-state index >= 15 is 0 Å². The molecule has 55 heavy (non-hydrogen) atoms. The SMILES string of the molecule is CCCCCCCCCCCC(=O)OC[C@@H](COC(=O)CCCCCCCCCCCCCCCCC(C)C)OC(=O)CCCCCCCCCCC(C)C. The minimum atomic E-state index is -0.760. The first-order valence-corrected chi connectivity index (χ1v) is 24.2. The van der Waals surface area contributed by atoms with Crippen LogP contribution in [0.15, 0.2) is 0 Å². The Kier molecular flexibility index (Phi) is 40.8. The average Bonchev–Trinajstić information content (AvgIpc) is 3.15. The highest BCUT2D eigenvalue weighted by atomic mass is 16.6. The van der Waals surface area contributed by atoms with E-state index in [9.17, 15) is 14.4 Å². The van der Waals surface area contributed by atoms with Crippen molar-refractivity contribution < 1.29 is 28.6 Å². The Balaban J connectivity index is 4.25. The van der Waals surface area contributed by atoms with Crippen molar-refractivity contribution in [2.45, 2.75) is 272 Å². The van der Waals surface area contributed by atoms with Crippen LogP contribution in [0.1, 0.15) is 266 Å². The van der Waals surface area contributed by atoms with E-state index < -0.39 is 6.10 Å². The van der Waals surface area contributed by atoms with Crippen molar-refractivity contribution in [1.82, 2.24) is 0 Å². The van der Waals surface area contributed by atoms with Gasteiger partial charge in [0.1, 0.15) is 13.2 Å². The van der Waals surface area contributed by atoms with E-state index in [-0.39, 0.29) is 31.1 Å². The Morgan fingerprint density at radius 2 is 0.600 bits per heavy atom. The summed E-state index contributed by atoms with van der Waals surface area (Å²) in [7, 11) is 0. The monoisotopic (exact) mass is 779 g/mol. The van der Waals surface area contributed by atoms with Gasteiger partial charge in [-0.3, -0.25) is 14.4 Å². The van der Waals surface area contributed by atoms with Crippen LogP contribution in [-0.2, 0) is 28.6 Å². The molecule has 0 aromatic heterocycles. The summed E-state index contributed by atoms with van der Waals surface area (Å²) in [5.41, 5.74) is 0. The van der Waals surface area contributed by atoms with Gasteiger partial charge in [0, 0.05) is 19.3 Å². The van der Waals surface area contributed by atoms with E-state index in [1.165, 1.54) is 154 Å². The van der Waals surface area contributed by atoms with Gasteiger partial charge in [-0.25, -0.2) is 0 Å². The third-order valence-corrected chi connectivity index (χ3v) is 11.0. The lowest BCUT2D eigenvalue weighted by Gasteiger charge is -2.18. The van der Waals surface area contributed by atoms with Crippen LogP contribution in [0.2, 0.25) is 0 Å². The maximum atomic E-state index is 12.7. The zero-order valence-electron chi connectivity index (χ0n) is 37.6. The van der Waals surface area contributed by atoms with Gasteiger partial charge in [-0.1, -0.05) is 227 Å². The number of ether oxygens (including phenoxy) is 3. The van der Waals surface area contributed by atoms with Crippen molar-refractivity contribution >= 4 is 17.9 Å². The van der Waals surface area contributed by atoms with Gasteiger partial charge in [-0.2, -0.15) is 0 Å². The standard InChI is InChI=1S/C49H94O6/c1-6-7-8-9-10-17-24-29-34-39-47(50)53-42-46(55-49(52)41-36-31-26-21-20-23-28-33-38-45(4)5)43-54-48(51)40-35-30-25-19-16-14-12-11-13-15-18-22-27-32-37-44(2)3/h44-46H,6-43H2,1-5H3/t46-/m0/s1. The molecule has 0 saturated heterocycles. The first kappa shape index (κ1) is 53.4. The first-order valence-electron chi connectivity index (χ1n) is 24.2. The highest BCUT2D eigenvalue weighted by Crippen LogP contribution is 2.17. The zero-order chi connectivity index (χ0) is 40.5. The molecule has 0 spiro atoms. The van der Waals surface area contributed by atoms with Gasteiger partial charge in [-0.05, 0) is 31.1 Å². The highest BCUT2D eigenvalue weighted by Gasteiger charge is 2.19. The lowest BCUT2D eigenvalue weighted by Crippen LogP contribution is -2.30. The summed E-state index contributed by atoms with van der Waals surface area (Å²) in [6, 6.07) is 0. The Bertz CT molecular complexity index is 839. The largest absolute Gasteiger partial charge is 0.462 e. The van der Waals surface area contributed by atoms with Crippen LogP contribution in [0.25, 0.3) is 0 Å².